The highest BCUT2D eigenvalue weighted by Crippen LogP contribution is 2.23. The number of thiophene rings is 1. The molecule has 5 N–H and O–H groups in total. The van der Waals surface area contributed by atoms with Crippen LogP contribution in [0.15, 0.2) is 84.2 Å². The molecule has 4 aromatic rings. The van der Waals surface area contributed by atoms with E-state index in [9.17, 15) is 24.6 Å². The minimum absolute atomic E-state index is 0.0243. The Morgan fingerprint density at radius 1 is 0.780 bits per heavy atom. The fraction of sp³-hybridized carbons (Fsp3) is 0.342. The van der Waals surface area contributed by atoms with E-state index in [2.05, 4.69) is 16.0 Å². The van der Waals surface area contributed by atoms with E-state index in [0.29, 0.717) is 65.9 Å². The van der Waals surface area contributed by atoms with Gasteiger partial charge in [-0.15, -0.1) is 11.3 Å². The zero-order chi connectivity index (χ0) is 35.6. The molecule has 0 aliphatic rings. The summed E-state index contributed by atoms with van der Waals surface area (Å²) in [7, 11) is 0. The topological polar surface area (TPSA) is 155 Å². The van der Waals surface area contributed by atoms with Gasteiger partial charge in [0.2, 0.25) is 0 Å². The van der Waals surface area contributed by atoms with Gasteiger partial charge in [0.05, 0.1) is 30.8 Å². The zero-order valence-electron chi connectivity index (χ0n) is 28.2. The van der Waals surface area contributed by atoms with Crippen molar-refractivity contribution in [1.82, 2.24) is 5.32 Å². The molecule has 0 saturated heterocycles. The first-order chi connectivity index (χ1) is 24.3. The first kappa shape index (κ1) is 38.2. The maximum absolute atomic E-state index is 12.9. The average Bonchev–Trinajstić information content (AvgIpc) is 3.66. The smallest absolute Gasteiger partial charge is 0.302 e. The number of rotatable bonds is 21. The van der Waals surface area contributed by atoms with Crippen molar-refractivity contribution in [2.45, 2.75) is 51.9 Å². The SMILES string of the molecule is CC(=O)OCc1cc([C@@H](O)CNCCCCCCOCCOCc2cccc(NC(=O)c3cccc(NC(=O)c4cccs4)c3)c2)ccc1O. The molecule has 50 heavy (non-hydrogen) atoms. The molecule has 0 bridgehead atoms. The summed E-state index contributed by atoms with van der Waals surface area (Å²) in [4.78, 5) is 36.9. The maximum atomic E-state index is 12.9. The Morgan fingerprint density at radius 2 is 1.54 bits per heavy atom. The molecule has 0 fully saturated rings. The lowest BCUT2D eigenvalue weighted by Crippen LogP contribution is -2.22. The quantitative estimate of drug-likeness (QED) is 0.0487. The Hall–Kier alpha value is -4.59. The van der Waals surface area contributed by atoms with E-state index in [1.807, 2.05) is 35.7 Å². The molecule has 0 spiro atoms. The molecule has 12 heteroatoms. The average molecular weight is 704 g/mol. The van der Waals surface area contributed by atoms with Gasteiger partial charge in [-0.05, 0) is 84.4 Å². The lowest BCUT2D eigenvalue weighted by molar-refractivity contribution is -0.142. The lowest BCUT2D eigenvalue weighted by atomic mass is 10.1. The number of nitrogens with one attached hydrogen (secondary N) is 3. The molecule has 11 nitrogen and oxygen atoms in total. The Labute approximate surface area is 296 Å². The van der Waals surface area contributed by atoms with Crippen molar-refractivity contribution in [3.05, 3.63) is 111 Å². The second kappa shape index (κ2) is 20.8. The van der Waals surface area contributed by atoms with Gasteiger partial charge in [0.25, 0.3) is 11.8 Å². The molecule has 3 aromatic carbocycles. The minimum Gasteiger partial charge on any atom is -0.508 e. The van der Waals surface area contributed by atoms with Gasteiger partial charge in [-0.1, -0.05) is 43.2 Å². The molecule has 1 heterocycles. The normalized spacial score (nSPS) is 11.6. The summed E-state index contributed by atoms with van der Waals surface area (Å²) >= 11 is 1.35. The summed E-state index contributed by atoms with van der Waals surface area (Å²) < 4.78 is 16.4. The number of ether oxygens (including phenoxy) is 3. The van der Waals surface area contributed by atoms with Gasteiger partial charge in [0, 0.05) is 42.6 Å². The monoisotopic (exact) mass is 703 g/mol. The van der Waals surface area contributed by atoms with E-state index in [1.165, 1.54) is 24.3 Å². The molecular weight excluding hydrogens is 658 g/mol. The van der Waals surface area contributed by atoms with Crippen LogP contribution in [0.25, 0.3) is 0 Å². The van der Waals surface area contributed by atoms with Crippen molar-refractivity contribution in [2.75, 3.05) is 43.5 Å². The summed E-state index contributed by atoms with van der Waals surface area (Å²) in [6.45, 7) is 4.43. The second-order valence-electron chi connectivity index (χ2n) is 11.6. The van der Waals surface area contributed by atoms with Crippen molar-refractivity contribution in [1.29, 1.82) is 0 Å². The van der Waals surface area contributed by atoms with Gasteiger partial charge in [0.15, 0.2) is 0 Å². The van der Waals surface area contributed by atoms with E-state index >= 15 is 0 Å². The number of carbonyl (C=O) groups excluding carboxylic acids is 3. The number of aliphatic hydroxyl groups excluding tert-OH is 1. The van der Waals surface area contributed by atoms with Crippen LogP contribution in [0, 0.1) is 0 Å². The molecule has 0 aliphatic carbocycles. The lowest BCUT2D eigenvalue weighted by Gasteiger charge is -2.14. The largest absolute Gasteiger partial charge is 0.508 e. The number of unbranched alkanes of at least 4 members (excludes halogenated alkanes) is 3. The van der Waals surface area contributed by atoms with Crippen LogP contribution in [0.5, 0.6) is 5.75 Å². The van der Waals surface area contributed by atoms with Gasteiger partial charge in [-0.25, -0.2) is 0 Å². The molecule has 0 saturated carbocycles. The number of phenols is 1. The number of benzene rings is 3. The Bertz CT molecular complexity index is 1660. The highest BCUT2D eigenvalue weighted by molar-refractivity contribution is 7.12. The Kier molecular flexibility index (Phi) is 15.9. The summed E-state index contributed by atoms with van der Waals surface area (Å²) in [5, 5.41) is 31.2. The first-order valence-corrected chi connectivity index (χ1v) is 17.5. The fourth-order valence-electron chi connectivity index (χ4n) is 4.96. The van der Waals surface area contributed by atoms with Crippen LogP contribution in [0.4, 0.5) is 11.4 Å². The molecule has 0 unspecified atom stereocenters. The number of carbonyl (C=O) groups is 3. The summed E-state index contributed by atoms with van der Waals surface area (Å²) in [6, 6.07) is 22.7. The molecule has 266 valence electrons. The highest BCUT2D eigenvalue weighted by atomic mass is 32.1. The Balaban J connectivity index is 1.02. The number of esters is 1. The standard InChI is InChI=1S/C38H45N3O8S/c1-27(42)49-26-31-22-29(14-15-34(31)43)35(44)24-39-16-4-2-3-5-17-47-18-19-48-25-28-9-6-11-32(21-28)40-37(45)30-10-7-12-33(23-30)41-38(46)36-13-8-20-50-36/h6-15,20-23,35,39,43-44H,2-5,16-19,24-26H2,1H3,(H,40,45)(H,41,46)/t35-/m0/s1. The van der Waals surface area contributed by atoms with E-state index in [4.69, 9.17) is 14.2 Å². The van der Waals surface area contributed by atoms with E-state index in [1.54, 1.807) is 42.5 Å². The molecule has 0 radical (unpaired) electrons. The molecular formula is C38H45N3O8S. The van der Waals surface area contributed by atoms with Crippen molar-refractivity contribution in [3.8, 4) is 5.75 Å². The number of aromatic hydroxyl groups is 1. The second-order valence-corrected chi connectivity index (χ2v) is 12.6. The molecule has 0 aliphatic heterocycles. The van der Waals surface area contributed by atoms with Gasteiger partial charge in [0.1, 0.15) is 12.4 Å². The maximum Gasteiger partial charge on any atom is 0.302 e. The number of hydrogen-bond donors (Lipinski definition) is 5. The number of phenolic OH excluding ortho intramolecular Hbond substituents is 1. The predicted molar refractivity (Wildman–Crippen MR) is 193 cm³/mol. The number of hydrogen-bond acceptors (Lipinski definition) is 10. The van der Waals surface area contributed by atoms with Crippen LogP contribution >= 0.6 is 11.3 Å². The van der Waals surface area contributed by atoms with Crippen molar-refractivity contribution >= 4 is 40.5 Å². The third-order valence-electron chi connectivity index (χ3n) is 7.60. The molecule has 1 aromatic heterocycles. The fourth-order valence-corrected chi connectivity index (χ4v) is 5.58. The third-order valence-corrected chi connectivity index (χ3v) is 8.47. The Morgan fingerprint density at radius 3 is 2.34 bits per heavy atom. The molecule has 1 atom stereocenters. The van der Waals surface area contributed by atoms with Crippen LogP contribution in [-0.4, -0.2) is 60.9 Å². The highest BCUT2D eigenvalue weighted by Gasteiger charge is 2.13. The third kappa shape index (κ3) is 13.4. The van der Waals surface area contributed by atoms with Crippen molar-refractivity contribution < 1.29 is 38.8 Å². The molecule has 2 amide bonds. The van der Waals surface area contributed by atoms with Crippen LogP contribution in [0.3, 0.4) is 0 Å². The summed E-state index contributed by atoms with van der Waals surface area (Å²) in [5.41, 5.74) is 3.65. The van der Waals surface area contributed by atoms with E-state index < -0.39 is 12.1 Å². The number of amides is 2. The van der Waals surface area contributed by atoms with E-state index in [0.717, 1.165) is 37.8 Å². The number of aliphatic hydroxyl groups is 1. The first-order valence-electron chi connectivity index (χ1n) is 16.6. The van der Waals surface area contributed by atoms with E-state index in [-0.39, 0.29) is 24.2 Å². The van der Waals surface area contributed by atoms with Gasteiger partial charge < -0.3 is 40.4 Å². The zero-order valence-corrected chi connectivity index (χ0v) is 29.0. The van der Waals surface area contributed by atoms with Crippen LogP contribution in [0.1, 0.15) is 75.4 Å². The number of anilines is 2. The minimum atomic E-state index is -0.736. The van der Waals surface area contributed by atoms with Gasteiger partial charge in [-0.2, -0.15) is 0 Å². The van der Waals surface area contributed by atoms with Crippen molar-refractivity contribution in [2.24, 2.45) is 0 Å². The summed E-state index contributed by atoms with van der Waals surface area (Å²) in [5.74, 6) is -0.902. The van der Waals surface area contributed by atoms with Crippen molar-refractivity contribution in [3.63, 3.8) is 0 Å². The predicted octanol–water partition coefficient (Wildman–Crippen LogP) is 6.44. The van der Waals surface area contributed by atoms with Crippen LogP contribution < -0.4 is 16.0 Å². The molecule has 4 rings (SSSR count). The van der Waals surface area contributed by atoms with Crippen LogP contribution in [0.2, 0.25) is 0 Å². The van der Waals surface area contributed by atoms with Gasteiger partial charge >= 0.3 is 5.97 Å². The van der Waals surface area contributed by atoms with Gasteiger partial charge in [-0.3, -0.25) is 14.4 Å². The summed E-state index contributed by atoms with van der Waals surface area (Å²) in [6.07, 6.45) is 3.27. The van der Waals surface area contributed by atoms with Crippen LogP contribution in [-0.2, 0) is 32.2 Å².